The molecule has 0 saturated carbocycles. The van der Waals surface area contributed by atoms with E-state index >= 15 is 0 Å². The summed E-state index contributed by atoms with van der Waals surface area (Å²) in [7, 11) is -3.84. The second-order valence-corrected chi connectivity index (χ2v) is 7.02. The Kier molecular flexibility index (Phi) is 4.43. The number of thiophene rings is 1. The maximum atomic E-state index is 12.0. The third-order valence-corrected chi connectivity index (χ3v) is 4.90. The van der Waals surface area contributed by atoms with Crippen molar-refractivity contribution >= 4 is 33.0 Å². The molecule has 0 fully saturated rings. The van der Waals surface area contributed by atoms with Gasteiger partial charge >= 0.3 is 0 Å². The molecule has 0 saturated heterocycles. The minimum absolute atomic E-state index is 0.0232. The van der Waals surface area contributed by atoms with Crippen molar-refractivity contribution in [3.8, 4) is 0 Å². The number of hydrogen-bond acceptors (Lipinski definition) is 5. The van der Waals surface area contributed by atoms with E-state index in [1.807, 2.05) is 5.38 Å². The molecule has 0 radical (unpaired) electrons. The van der Waals surface area contributed by atoms with Crippen LogP contribution in [0.1, 0.15) is 16.5 Å². The standard InChI is InChI=1S/C13H15N3O3S2/c1-8-4-5-9(7-11(8)21(15,18)19)16-13(17)12(14)10-3-2-6-20-10/h2-7,12H,14H2,1H3,(H,16,17)(H2,15,18,19). The molecule has 8 heteroatoms. The molecule has 112 valence electrons. The van der Waals surface area contributed by atoms with Crippen molar-refractivity contribution in [1.29, 1.82) is 0 Å². The number of carbonyl (C=O) groups is 1. The van der Waals surface area contributed by atoms with Crippen molar-refractivity contribution in [3.05, 3.63) is 46.2 Å². The van der Waals surface area contributed by atoms with Crippen LogP contribution in [0.2, 0.25) is 0 Å². The minimum atomic E-state index is -3.84. The summed E-state index contributed by atoms with van der Waals surface area (Å²) in [6.07, 6.45) is 0. The number of hydrogen-bond donors (Lipinski definition) is 3. The monoisotopic (exact) mass is 325 g/mol. The van der Waals surface area contributed by atoms with E-state index in [2.05, 4.69) is 5.32 Å². The summed E-state index contributed by atoms with van der Waals surface area (Å²) >= 11 is 1.38. The molecule has 0 spiro atoms. The Labute approximate surface area is 126 Å². The second-order valence-electron chi connectivity index (χ2n) is 4.51. The zero-order chi connectivity index (χ0) is 15.6. The van der Waals surface area contributed by atoms with E-state index in [-0.39, 0.29) is 4.90 Å². The zero-order valence-electron chi connectivity index (χ0n) is 11.2. The van der Waals surface area contributed by atoms with Crippen LogP contribution in [0.15, 0.2) is 40.6 Å². The average Bonchev–Trinajstić information content (AvgIpc) is 2.92. The molecule has 5 N–H and O–H groups in total. The van der Waals surface area contributed by atoms with Gasteiger partial charge in [0.2, 0.25) is 15.9 Å². The van der Waals surface area contributed by atoms with Gasteiger partial charge in [-0.25, -0.2) is 13.6 Å². The lowest BCUT2D eigenvalue weighted by atomic mass is 10.2. The van der Waals surface area contributed by atoms with E-state index in [1.54, 1.807) is 31.2 Å². The van der Waals surface area contributed by atoms with Crippen molar-refractivity contribution in [2.75, 3.05) is 5.32 Å². The fourth-order valence-electron chi connectivity index (χ4n) is 1.80. The van der Waals surface area contributed by atoms with Gasteiger partial charge in [-0.1, -0.05) is 12.1 Å². The van der Waals surface area contributed by atoms with Gasteiger partial charge in [-0.15, -0.1) is 11.3 Å². The molecule has 1 atom stereocenters. The average molecular weight is 325 g/mol. The summed E-state index contributed by atoms with van der Waals surface area (Å²) in [5, 5.41) is 9.55. The van der Waals surface area contributed by atoms with Crippen LogP contribution in [0.3, 0.4) is 0 Å². The Morgan fingerprint density at radius 2 is 2.05 bits per heavy atom. The summed E-state index contributed by atoms with van der Waals surface area (Å²) < 4.78 is 22.9. The van der Waals surface area contributed by atoms with Crippen LogP contribution < -0.4 is 16.2 Å². The van der Waals surface area contributed by atoms with Crippen LogP contribution in [0.5, 0.6) is 0 Å². The highest BCUT2D eigenvalue weighted by molar-refractivity contribution is 7.89. The number of nitrogens with two attached hydrogens (primary N) is 2. The van der Waals surface area contributed by atoms with Crippen molar-refractivity contribution in [3.63, 3.8) is 0 Å². The van der Waals surface area contributed by atoms with Crippen LogP contribution in [-0.2, 0) is 14.8 Å². The molecular weight excluding hydrogens is 310 g/mol. The molecule has 2 rings (SSSR count). The number of carbonyl (C=O) groups excluding carboxylic acids is 1. The molecule has 1 aromatic heterocycles. The molecular formula is C13H15N3O3S2. The van der Waals surface area contributed by atoms with Crippen LogP contribution >= 0.6 is 11.3 Å². The Bertz CT molecular complexity index is 755. The number of benzene rings is 1. The number of primary sulfonamides is 1. The van der Waals surface area contributed by atoms with E-state index in [4.69, 9.17) is 10.9 Å². The van der Waals surface area contributed by atoms with Gasteiger partial charge in [-0.3, -0.25) is 4.79 Å². The number of anilines is 1. The molecule has 1 unspecified atom stereocenters. The van der Waals surface area contributed by atoms with Crippen molar-refractivity contribution in [1.82, 2.24) is 0 Å². The van der Waals surface area contributed by atoms with Gasteiger partial charge in [0.25, 0.3) is 0 Å². The van der Waals surface area contributed by atoms with E-state index in [1.165, 1.54) is 17.4 Å². The first-order valence-corrected chi connectivity index (χ1v) is 8.45. The summed E-state index contributed by atoms with van der Waals surface area (Å²) in [4.78, 5) is 12.8. The van der Waals surface area contributed by atoms with Gasteiger partial charge in [-0.2, -0.15) is 0 Å². The molecule has 21 heavy (non-hydrogen) atoms. The Morgan fingerprint density at radius 3 is 2.62 bits per heavy atom. The molecule has 0 aliphatic carbocycles. The van der Waals surface area contributed by atoms with Crippen LogP contribution in [-0.4, -0.2) is 14.3 Å². The van der Waals surface area contributed by atoms with Crippen LogP contribution in [0.4, 0.5) is 5.69 Å². The lowest BCUT2D eigenvalue weighted by molar-refractivity contribution is -0.117. The number of aryl methyl sites for hydroxylation is 1. The van der Waals surface area contributed by atoms with Crippen molar-refractivity contribution in [2.45, 2.75) is 17.9 Å². The molecule has 0 bridgehead atoms. The summed E-state index contributed by atoms with van der Waals surface area (Å²) in [5.74, 6) is -0.415. The van der Waals surface area contributed by atoms with Crippen LogP contribution in [0.25, 0.3) is 0 Å². The first kappa shape index (κ1) is 15.6. The van der Waals surface area contributed by atoms with E-state index in [9.17, 15) is 13.2 Å². The molecule has 2 aromatic rings. The molecule has 1 heterocycles. The Hall–Kier alpha value is -1.74. The normalized spacial score (nSPS) is 12.9. The Balaban J connectivity index is 2.22. The van der Waals surface area contributed by atoms with Crippen molar-refractivity contribution in [2.24, 2.45) is 10.9 Å². The smallest absolute Gasteiger partial charge is 0.246 e. The fraction of sp³-hybridized carbons (Fsp3) is 0.154. The Morgan fingerprint density at radius 1 is 1.33 bits per heavy atom. The van der Waals surface area contributed by atoms with E-state index in [0.717, 1.165) is 4.88 Å². The SMILES string of the molecule is Cc1ccc(NC(=O)C(N)c2cccs2)cc1S(N)(=O)=O. The van der Waals surface area contributed by atoms with Crippen LogP contribution in [0, 0.1) is 6.92 Å². The van der Waals surface area contributed by atoms with E-state index < -0.39 is 22.0 Å². The third-order valence-electron chi connectivity index (χ3n) is 2.89. The summed E-state index contributed by atoms with van der Waals surface area (Å²) in [5.41, 5.74) is 6.69. The molecule has 0 aliphatic rings. The largest absolute Gasteiger partial charge is 0.324 e. The molecule has 0 aliphatic heterocycles. The predicted octanol–water partition coefficient (Wildman–Crippen LogP) is 1.34. The molecule has 6 nitrogen and oxygen atoms in total. The van der Waals surface area contributed by atoms with Gasteiger partial charge < -0.3 is 11.1 Å². The zero-order valence-corrected chi connectivity index (χ0v) is 12.9. The lowest BCUT2D eigenvalue weighted by Gasteiger charge is -2.12. The second kappa shape index (κ2) is 5.94. The highest BCUT2D eigenvalue weighted by Crippen LogP contribution is 2.21. The number of sulfonamides is 1. The third kappa shape index (κ3) is 3.67. The van der Waals surface area contributed by atoms with Gasteiger partial charge in [0.1, 0.15) is 6.04 Å². The topological polar surface area (TPSA) is 115 Å². The maximum Gasteiger partial charge on any atom is 0.246 e. The highest BCUT2D eigenvalue weighted by atomic mass is 32.2. The van der Waals surface area contributed by atoms with Gasteiger partial charge in [0, 0.05) is 10.6 Å². The van der Waals surface area contributed by atoms with E-state index in [0.29, 0.717) is 11.3 Å². The quantitative estimate of drug-likeness (QED) is 0.786. The first-order chi connectivity index (χ1) is 9.79. The first-order valence-electron chi connectivity index (χ1n) is 6.02. The number of amides is 1. The minimum Gasteiger partial charge on any atom is -0.324 e. The van der Waals surface area contributed by atoms with Gasteiger partial charge in [0.15, 0.2) is 0 Å². The van der Waals surface area contributed by atoms with Gasteiger partial charge in [0.05, 0.1) is 4.90 Å². The highest BCUT2D eigenvalue weighted by Gasteiger charge is 2.18. The number of nitrogens with one attached hydrogen (secondary N) is 1. The van der Waals surface area contributed by atoms with Gasteiger partial charge in [-0.05, 0) is 36.1 Å². The maximum absolute atomic E-state index is 12.0. The lowest BCUT2D eigenvalue weighted by Crippen LogP contribution is -2.27. The summed E-state index contributed by atoms with van der Waals surface area (Å²) in [6.45, 7) is 1.63. The molecule has 1 amide bonds. The fourth-order valence-corrected chi connectivity index (χ4v) is 3.33. The predicted molar refractivity (Wildman–Crippen MR) is 82.4 cm³/mol. The van der Waals surface area contributed by atoms with Crippen molar-refractivity contribution < 1.29 is 13.2 Å². The number of rotatable bonds is 4. The molecule has 1 aromatic carbocycles. The summed E-state index contributed by atoms with van der Waals surface area (Å²) in [6, 6.07) is 7.26.